The summed E-state index contributed by atoms with van der Waals surface area (Å²) in [7, 11) is 0. The smallest absolute Gasteiger partial charge is 0.143 e. The van der Waals surface area contributed by atoms with Crippen molar-refractivity contribution in [1.29, 1.82) is 0 Å². The van der Waals surface area contributed by atoms with Gasteiger partial charge in [0.1, 0.15) is 11.2 Å². The van der Waals surface area contributed by atoms with Crippen LogP contribution < -0.4 is 0 Å². The standard InChI is InChI=1S/C41H26O/c1-25-18-21-31-36-24-28-12-4-5-13-30(28)40(41(36)42-37(31)22-25)39-34-16-8-6-14-32(34)38(33-15-7-9-17-35(33)39)29-20-19-26-10-2-3-11-27(26)23-29/h2-24H,1H3. The van der Waals surface area contributed by atoms with Crippen molar-refractivity contribution >= 4 is 65.0 Å². The zero-order valence-corrected chi connectivity index (χ0v) is 23.2. The number of hydrogen-bond donors (Lipinski definition) is 0. The molecule has 0 bridgehead atoms. The van der Waals surface area contributed by atoms with Gasteiger partial charge in [0.2, 0.25) is 0 Å². The Morgan fingerprint density at radius 3 is 1.69 bits per heavy atom. The van der Waals surface area contributed by atoms with E-state index in [-0.39, 0.29) is 0 Å². The Labute approximate surface area is 243 Å². The van der Waals surface area contributed by atoms with Crippen molar-refractivity contribution in [3.63, 3.8) is 0 Å². The number of hydrogen-bond acceptors (Lipinski definition) is 1. The highest BCUT2D eigenvalue weighted by molar-refractivity contribution is 6.28. The minimum atomic E-state index is 0.933. The van der Waals surface area contributed by atoms with Crippen LogP contribution in [0.15, 0.2) is 144 Å². The van der Waals surface area contributed by atoms with E-state index >= 15 is 0 Å². The van der Waals surface area contributed by atoms with Crippen molar-refractivity contribution in [2.75, 3.05) is 0 Å². The lowest BCUT2D eigenvalue weighted by Crippen LogP contribution is -1.92. The number of furan rings is 1. The highest BCUT2D eigenvalue weighted by Crippen LogP contribution is 2.49. The van der Waals surface area contributed by atoms with Gasteiger partial charge in [0, 0.05) is 21.9 Å². The predicted octanol–water partition coefficient (Wildman–Crippen LogP) is 11.8. The molecule has 0 amide bonds. The second kappa shape index (κ2) is 8.80. The summed E-state index contributed by atoms with van der Waals surface area (Å²) < 4.78 is 6.79. The first-order valence-corrected chi connectivity index (χ1v) is 14.5. The lowest BCUT2D eigenvalue weighted by Gasteiger charge is -2.19. The first-order valence-electron chi connectivity index (χ1n) is 14.5. The van der Waals surface area contributed by atoms with E-state index in [1.807, 2.05) is 0 Å². The molecular formula is C41H26O. The summed E-state index contributed by atoms with van der Waals surface area (Å²) in [6.07, 6.45) is 0. The van der Waals surface area contributed by atoms with E-state index in [0.29, 0.717) is 0 Å². The van der Waals surface area contributed by atoms with Gasteiger partial charge in [-0.3, -0.25) is 0 Å². The molecule has 0 unspecified atom stereocenters. The van der Waals surface area contributed by atoms with Crippen LogP contribution in [0.2, 0.25) is 0 Å². The molecule has 0 spiro atoms. The highest BCUT2D eigenvalue weighted by Gasteiger charge is 2.22. The highest BCUT2D eigenvalue weighted by atomic mass is 16.3. The van der Waals surface area contributed by atoms with Crippen molar-refractivity contribution in [3.8, 4) is 22.3 Å². The summed E-state index contributed by atoms with van der Waals surface area (Å²) in [6.45, 7) is 2.12. The van der Waals surface area contributed by atoms with E-state index in [1.54, 1.807) is 0 Å². The maximum absolute atomic E-state index is 6.79. The van der Waals surface area contributed by atoms with Crippen LogP contribution in [0.5, 0.6) is 0 Å². The topological polar surface area (TPSA) is 13.1 Å². The fourth-order valence-electron chi connectivity index (χ4n) is 6.98. The predicted molar refractivity (Wildman–Crippen MR) is 179 cm³/mol. The van der Waals surface area contributed by atoms with Crippen LogP contribution in [0.25, 0.3) is 87.3 Å². The van der Waals surface area contributed by atoms with Crippen molar-refractivity contribution in [2.45, 2.75) is 6.92 Å². The van der Waals surface area contributed by atoms with Crippen LogP contribution in [0, 0.1) is 6.92 Å². The van der Waals surface area contributed by atoms with Crippen LogP contribution in [0.1, 0.15) is 5.56 Å². The van der Waals surface area contributed by atoms with Gasteiger partial charge in [0.15, 0.2) is 0 Å². The summed E-state index contributed by atoms with van der Waals surface area (Å²) in [5.41, 5.74) is 7.97. The molecule has 1 heterocycles. The van der Waals surface area contributed by atoms with E-state index < -0.39 is 0 Å². The molecule has 0 aliphatic heterocycles. The molecule has 0 saturated heterocycles. The van der Waals surface area contributed by atoms with Gasteiger partial charge in [-0.2, -0.15) is 0 Å². The molecule has 0 saturated carbocycles. The number of benzene rings is 8. The second-order valence-corrected chi connectivity index (χ2v) is 11.4. The monoisotopic (exact) mass is 534 g/mol. The van der Waals surface area contributed by atoms with Gasteiger partial charge in [-0.1, -0.05) is 121 Å². The SMILES string of the molecule is Cc1ccc2c(c1)oc1c(-c3c4ccccc4c(-c4ccc5ccccc5c4)c4ccccc34)c3ccccc3cc12. The molecule has 0 N–H and O–H groups in total. The van der Waals surface area contributed by atoms with Crippen molar-refractivity contribution in [2.24, 2.45) is 0 Å². The molecule has 196 valence electrons. The third-order valence-electron chi connectivity index (χ3n) is 8.86. The Hall–Kier alpha value is -5.40. The summed E-state index contributed by atoms with van der Waals surface area (Å²) in [4.78, 5) is 0. The molecular weight excluding hydrogens is 508 g/mol. The summed E-state index contributed by atoms with van der Waals surface area (Å²) in [5.74, 6) is 0. The summed E-state index contributed by atoms with van der Waals surface area (Å²) in [6, 6.07) is 50.8. The quantitative estimate of drug-likeness (QED) is 0.201. The normalized spacial score (nSPS) is 11.9. The average Bonchev–Trinajstić information content (AvgIpc) is 3.39. The van der Waals surface area contributed by atoms with Crippen LogP contribution in [-0.2, 0) is 0 Å². The molecule has 9 rings (SSSR count). The maximum atomic E-state index is 6.79. The van der Waals surface area contributed by atoms with Gasteiger partial charge in [-0.15, -0.1) is 0 Å². The molecule has 0 aliphatic rings. The molecule has 42 heavy (non-hydrogen) atoms. The van der Waals surface area contributed by atoms with Crippen LogP contribution >= 0.6 is 0 Å². The van der Waals surface area contributed by atoms with Gasteiger partial charge in [-0.05, 0) is 84.9 Å². The first-order chi connectivity index (χ1) is 20.7. The van der Waals surface area contributed by atoms with Gasteiger partial charge in [0.05, 0.1) is 0 Å². The van der Waals surface area contributed by atoms with Gasteiger partial charge in [-0.25, -0.2) is 0 Å². The maximum Gasteiger partial charge on any atom is 0.143 e. The number of fused-ring (bicyclic) bond motifs is 7. The largest absolute Gasteiger partial charge is 0.455 e. The van der Waals surface area contributed by atoms with Crippen LogP contribution in [0.4, 0.5) is 0 Å². The Balaban J connectivity index is 1.49. The molecule has 8 aromatic carbocycles. The Kier molecular flexibility index (Phi) is 4.88. The van der Waals surface area contributed by atoms with Gasteiger partial charge < -0.3 is 4.42 Å². The van der Waals surface area contributed by atoms with Gasteiger partial charge in [0.25, 0.3) is 0 Å². The lowest BCUT2D eigenvalue weighted by molar-refractivity contribution is 0.670. The Morgan fingerprint density at radius 1 is 0.381 bits per heavy atom. The van der Waals surface area contributed by atoms with E-state index in [4.69, 9.17) is 4.42 Å². The molecule has 0 radical (unpaired) electrons. The van der Waals surface area contributed by atoms with Crippen molar-refractivity contribution in [3.05, 3.63) is 145 Å². The van der Waals surface area contributed by atoms with Crippen molar-refractivity contribution < 1.29 is 4.42 Å². The first kappa shape index (κ1) is 23.3. The Morgan fingerprint density at radius 2 is 0.976 bits per heavy atom. The molecule has 1 nitrogen and oxygen atoms in total. The fraction of sp³-hybridized carbons (Fsp3) is 0.0244. The van der Waals surface area contributed by atoms with Crippen LogP contribution in [0.3, 0.4) is 0 Å². The average molecular weight is 535 g/mol. The van der Waals surface area contributed by atoms with E-state index in [1.165, 1.54) is 65.3 Å². The summed E-state index contributed by atoms with van der Waals surface area (Å²) >= 11 is 0. The molecule has 0 aliphatic carbocycles. The zero-order valence-electron chi connectivity index (χ0n) is 23.2. The number of rotatable bonds is 2. The molecule has 0 atom stereocenters. The third kappa shape index (κ3) is 3.31. The van der Waals surface area contributed by atoms with E-state index in [0.717, 1.165) is 27.5 Å². The second-order valence-electron chi connectivity index (χ2n) is 11.4. The zero-order chi connectivity index (χ0) is 27.8. The third-order valence-corrected chi connectivity index (χ3v) is 8.86. The minimum absolute atomic E-state index is 0.933. The summed E-state index contributed by atoms with van der Waals surface area (Å²) in [5, 5.41) is 12.2. The number of aryl methyl sites for hydroxylation is 1. The molecule has 1 aromatic heterocycles. The molecule has 9 aromatic rings. The van der Waals surface area contributed by atoms with Gasteiger partial charge >= 0.3 is 0 Å². The van der Waals surface area contributed by atoms with Crippen LogP contribution in [-0.4, -0.2) is 0 Å². The lowest BCUT2D eigenvalue weighted by atomic mass is 9.84. The van der Waals surface area contributed by atoms with E-state index in [9.17, 15) is 0 Å². The van der Waals surface area contributed by atoms with E-state index in [2.05, 4.69) is 146 Å². The Bertz CT molecular complexity index is 2470. The molecule has 1 heteroatoms. The minimum Gasteiger partial charge on any atom is -0.455 e. The molecule has 0 fully saturated rings. The van der Waals surface area contributed by atoms with Crippen molar-refractivity contribution in [1.82, 2.24) is 0 Å². The fourth-order valence-corrected chi connectivity index (χ4v) is 6.98.